The van der Waals surface area contributed by atoms with E-state index in [0.717, 1.165) is 17.0 Å². The van der Waals surface area contributed by atoms with E-state index in [1.54, 1.807) is 38.2 Å². The number of carboxylic acids is 1. The fraction of sp³-hybridized carbons (Fsp3) is 0.370. The molecule has 1 aliphatic rings. The Balaban J connectivity index is 2.21. The van der Waals surface area contributed by atoms with Crippen molar-refractivity contribution in [2.24, 2.45) is 5.41 Å². The number of nitrogens with zero attached hydrogens (tertiary/aromatic N) is 2. The van der Waals surface area contributed by atoms with E-state index >= 15 is 0 Å². The Morgan fingerprint density at radius 1 is 1.25 bits per heavy atom. The molecule has 0 aliphatic carbocycles. The van der Waals surface area contributed by atoms with Gasteiger partial charge in [-0.15, -0.1) is 29.1 Å². The Morgan fingerprint density at radius 2 is 1.92 bits per heavy atom. The molecule has 1 unspecified atom stereocenters. The molecule has 2 aromatic carbocycles. The fourth-order valence-electron chi connectivity index (χ4n) is 4.11. The van der Waals surface area contributed by atoms with Crippen molar-refractivity contribution in [3.63, 3.8) is 0 Å². The first-order chi connectivity index (χ1) is 16.9. The summed E-state index contributed by atoms with van der Waals surface area (Å²) in [6.45, 7) is 9.79. The lowest BCUT2D eigenvalue weighted by molar-refractivity contribution is -0.133. The Morgan fingerprint density at radius 3 is 2.47 bits per heavy atom. The molecule has 1 atom stereocenters. The molecule has 1 heterocycles. The zero-order chi connectivity index (χ0) is 26.7. The lowest BCUT2D eigenvalue weighted by Gasteiger charge is -2.43. The number of rotatable bonds is 8. The highest BCUT2D eigenvalue weighted by molar-refractivity contribution is 8.22. The third-order valence-corrected chi connectivity index (χ3v) is 9.03. The first-order valence-electron chi connectivity index (χ1n) is 11.7. The summed E-state index contributed by atoms with van der Waals surface area (Å²) in [6.07, 6.45) is 6.44. The van der Waals surface area contributed by atoms with Crippen LogP contribution in [-0.4, -0.2) is 50.4 Å². The van der Waals surface area contributed by atoms with Crippen LogP contribution in [0, 0.1) is 5.41 Å². The van der Waals surface area contributed by atoms with Gasteiger partial charge in [0.15, 0.2) is 0 Å². The number of para-hydroxylation sites is 1. The van der Waals surface area contributed by atoms with E-state index in [9.17, 15) is 19.0 Å². The van der Waals surface area contributed by atoms with Gasteiger partial charge in [0.05, 0.1) is 16.2 Å². The van der Waals surface area contributed by atoms with Gasteiger partial charge in [-0.25, -0.2) is 9.10 Å². The number of aliphatic carboxylic acids is 1. The Bertz CT molecular complexity index is 1130. The number of carboxylic acid groups (broad SMARTS) is 1. The molecule has 196 valence electrons. The Hall–Kier alpha value is -2.43. The lowest BCUT2D eigenvalue weighted by Crippen LogP contribution is -2.39. The normalized spacial score (nSPS) is 19.2. The van der Waals surface area contributed by atoms with Crippen LogP contribution in [0.1, 0.15) is 33.6 Å². The van der Waals surface area contributed by atoms with Crippen LogP contribution in [0.25, 0.3) is 0 Å². The number of fused-ring (bicyclic) bond motifs is 1. The minimum atomic E-state index is -3.38. The van der Waals surface area contributed by atoms with E-state index in [2.05, 4.69) is 11.5 Å². The number of ether oxygens (including phenoxy) is 1. The van der Waals surface area contributed by atoms with E-state index in [-0.39, 0.29) is 11.6 Å². The first-order valence-corrected chi connectivity index (χ1v) is 14.4. The maximum absolute atomic E-state index is 11.8. The van der Waals surface area contributed by atoms with Crippen molar-refractivity contribution >= 4 is 39.9 Å². The van der Waals surface area contributed by atoms with Crippen molar-refractivity contribution in [2.45, 2.75) is 49.4 Å². The number of hydrogen-bond donors (Lipinski definition) is 3. The quantitative estimate of drug-likeness (QED) is 0.142. The summed E-state index contributed by atoms with van der Waals surface area (Å²) in [5.41, 5.74) is 1.10. The van der Waals surface area contributed by atoms with E-state index in [1.807, 2.05) is 48.7 Å². The molecule has 0 radical (unpaired) electrons. The molecular formula is C27H36N2O5S2. The predicted molar refractivity (Wildman–Crippen MR) is 150 cm³/mol. The van der Waals surface area contributed by atoms with Gasteiger partial charge in [-0.05, 0) is 42.7 Å². The van der Waals surface area contributed by atoms with Crippen molar-refractivity contribution < 1.29 is 23.7 Å². The number of benzene rings is 2. The highest BCUT2D eigenvalue weighted by Gasteiger charge is 2.38. The molecule has 36 heavy (non-hydrogen) atoms. The van der Waals surface area contributed by atoms with Crippen molar-refractivity contribution in [1.29, 1.82) is 0 Å². The second kappa shape index (κ2) is 11.3. The number of likely N-dealkylation sites (N-methyl/N-ethyl adjacent to an activating group) is 1. The van der Waals surface area contributed by atoms with E-state index in [4.69, 9.17) is 4.74 Å². The van der Waals surface area contributed by atoms with Gasteiger partial charge in [-0.3, -0.25) is 9.11 Å². The van der Waals surface area contributed by atoms with Gasteiger partial charge in [0.25, 0.3) is 0 Å². The average Bonchev–Trinajstić information content (AvgIpc) is 2.90. The van der Waals surface area contributed by atoms with Crippen LogP contribution in [0.4, 0.5) is 11.4 Å². The number of hydrogen-bond acceptors (Lipinski definition) is 7. The molecule has 0 amide bonds. The zero-order valence-electron chi connectivity index (χ0n) is 21.5. The van der Waals surface area contributed by atoms with Gasteiger partial charge in [-0.2, -0.15) is 0 Å². The molecule has 0 spiro atoms. The van der Waals surface area contributed by atoms with Crippen molar-refractivity contribution in [3.05, 3.63) is 67.0 Å². The summed E-state index contributed by atoms with van der Waals surface area (Å²) in [7, 11) is -1.65. The first kappa shape index (κ1) is 28.1. The van der Waals surface area contributed by atoms with Crippen LogP contribution in [0.2, 0.25) is 0 Å². The highest BCUT2D eigenvalue weighted by atomic mass is 32.3. The Kier molecular flexibility index (Phi) is 8.84. The SMILES string of the molecule is C=CCCC1CN(c2ccccc2)c2cc(SC)c(O/C=C(/C(=O)O)C(C)(C)C)cc2S(O)(O)N1C. The topological polar surface area (TPSA) is 93.5 Å². The van der Waals surface area contributed by atoms with Gasteiger partial charge in [-0.1, -0.05) is 45.0 Å². The molecule has 2 aromatic rings. The number of thioether (sulfide) groups is 1. The second-order valence-electron chi connectivity index (χ2n) is 9.71. The van der Waals surface area contributed by atoms with Crippen molar-refractivity contribution in [1.82, 2.24) is 4.31 Å². The summed E-state index contributed by atoms with van der Waals surface area (Å²) in [5.74, 6) is -0.692. The van der Waals surface area contributed by atoms with Crippen molar-refractivity contribution in [3.8, 4) is 5.75 Å². The minimum Gasteiger partial charge on any atom is -0.478 e. The van der Waals surface area contributed by atoms with Crippen LogP contribution in [0.15, 0.2) is 76.7 Å². The molecule has 9 heteroatoms. The third-order valence-electron chi connectivity index (χ3n) is 6.25. The second-order valence-corrected chi connectivity index (χ2v) is 12.6. The molecule has 0 aromatic heterocycles. The van der Waals surface area contributed by atoms with E-state index in [0.29, 0.717) is 29.3 Å². The third kappa shape index (κ3) is 5.92. The van der Waals surface area contributed by atoms with Gasteiger partial charge in [0.2, 0.25) is 0 Å². The fourth-order valence-corrected chi connectivity index (χ4v) is 6.26. The summed E-state index contributed by atoms with van der Waals surface area (Å²) in [4.78, 5) is 15.0. The molecule has 0 fully saturated rings. The number of anilines is 2. The Labute approximate surface area is 219 Å². The van der Waals surface area contributed by atoms with Gasteiger partial charge in [0.1, 0.15) is 16.9 Å². The molecule has 3 N–H and O–H groups in total. The summed E-state index contributed by atoms with van der Waals surface area (Å²) in [5, 5.41) is 9.67. The molecule has 7 nitrogen and oxygen atoms in total. The minimum absolute atomic E-state index is 0.114. The van der Waals surface area contributed by atoms with Gasteiger partial charge < -0.3 is 14.7 Å². The largest absolute Gasteiger partial charge is 0.478 e. The number of carbonyl (C=O) groups is 1. The molecule has 3 rings (SSSR count). The molecule has 0 saturated carbocycles. The maximum atomic E-state index is 11.8. The standard InChI is InChI=1S/C27H36N2O5S2/c1-7-8-12-20-17-29(19-13-10-9-11-14-19)22-15-24(35-6)23(16-25(22)36(32,33)28(20)5)34-18-21(26(30)31)27(2,3)4/h7,9-11,13-16,18,20,32-33H,1,8,12,17H2,2-6H3,(H,30,31)/b21-18-. The van der Waals surface area contributed by atoms with Crippen molar-refractivity contribution in [2.75, 3.05) is 24.7 Å². The van der Waals surface area contributed by atoms with Crippen LogP contribution in [-0.2, 0) is 4.79 Å². The summed E-state index contributed by atoms with van der Waals surface area (Å²) >= 11 is 1.45. The van der Waals surface area contributed by atoms with Crippen LogP contribution < -0.4 is 9.64 Å². The lowest BCUT2D eigenvalue weighted by atomic mass is 9.87. The van der Waals surface area contributed by atoms with E-state index in [1.165, 1.54) is 18.0 Å². The highest BCUT2D eigenvalue weighted by Crippen LogP contribution is 2.60. The summed E-state index contributed by atoms with van der Waals surface area (Å²) < 4.78 is 30.6. The van der Waals surface area contributed by atoms with Gasteiger partial charge in [0, 0.05) is 31.4 Å². The number of allylic oxidation sites excluding steroid dienone is 1. The molecule has 0 saturated heterocycles. The molecule has 0 bridgehead atoms. The van der Waals surface area contributed by atoms with Crippen LogP contribution >= 0.6 is 22.5 Å². The van der Waals surface area contributed by atoms with E-state index < -0.39 is 22.2 Å². The van der Waals surface area contributed by atoms with Gasteiger partial charge >= 0.3 is 5.97 Å². The van der Waals surface area contributed by atoms with Crippen LogP contribution in [0.5, 0.6) is 5.75 Å². The average molecular weight is 533 g/mol. The summed E-state index contributed by atoms with van der Waals surface area (Å²) in [6, 6.07) is 13.2. The smallest absolute Gasteiger partial charge is 0.335 e. The molecule has 1 aliphatic heterocycles. The molecular weight excluding hydrogens is 496 g/mol. The zero-order valence-corrected chi connectivity index (χ0v) is 23.1. The monoisotopic (exact) mass is 532 g/mol. The maximum Gasteiger partial charge on any atom is 0.335 e. The predicted octanol–water partition coefficient (Wildman–Crippen LogP) is 7.24. The van der Waals surface area contributed by atoms with Crippen LogP contribution in [0.3, 0.4) is 0 Å².